The highest BCUT2D eigenvalue weighted by atomic mass is 32.2. The lowest BCUT2D eigenvalue weighted by Crippen LogP contribution is -2.48. The number of hydrogen-bond donors (Lipinski definition) is 0. The molecule has 2 atom stereocenters. The van der Waals surface area contributed by atoms with E-state index in [1.165, 1.54) is 5.56 Å². The third-order valence-corrected chi connectivity index (χ3v) is 7.03. The molecule has 0 saturated carbocycles. The van der Waals surface area contributed by atoms with Crippen LogP contribution in [0.5, 0.6) is 0 Å². The fraction of sp³-hybridized carbons (Fsp3) is 0.714. The number of rotatable bonds is 5. The van der Waals surface area contributed by atoms with E-state index < -0.39 is 10.0 Å². The van der Waals surface area contributed by atoms with Crippen molar-refractivity contribution >= 4 is 10.0 Å². The van der Waals surface area contributed by atoms with Crippen LogP contribution in [0.1, 0.15) is 89.8 Å². The molecule has 0 bridgehead atoms. The Labute approximate surface area is 160 Å². The van der Waals surface area contributed by atoms with Gasteiger partial charge in [-0.1, -0.05) is 53.7 Å². The van der Waals surface area contributed by atoms with Gasteiger partial charge in [0.15, 0.2) is 0 Å². The summed E-state index contributed by atoms with van der Waals surface area (Å²) in [5.41, 5.74) is 3.08. The van der Waals surface area contributed by atoms with Crippen molar-refractivity contribution in [2.75, 3.05) is 13.1 Å². The van der Waals surface area contributed by atoms with E-state index in [-0.39, 0.29) is 24.0 Å². The van der Waals surface area contributed by atoms with Gasteiger partial charge in [0.05, 0.1) is 17.1 Å². The van der Waals surface area contributed by atoms with Crippen LogP contribution < -0.4 is 0 Å². The Hall–Kier alpha value is -0.910. The van der Waals surface area contributed by atoms with Crippen LogP contribution in [-0.2, 0) is 14.8 Å². The summed E-state index contributed by atoms with van der Waals surface area (Å²) < 4.78 is 34.7. The molecule has 5 heteroatoms. The van der Waals surface area contributed by atoms with Gasteiger partial charge >= 0.3 is 0 Å². The Balaban J connectivity index is 2.69. The molecule has 0 radical (unpaired) electrons. The van der Waals surface area contributed by atoms with Gasteiger partial charge in [0.25, 0.3) is 0 Å². The second kappa shape index (κ2) is 7.99. The summed E-state index contributed by atoms with van der Waals surface area (Å²) in [4.78, 5) is 0.521. The third kappa shape index (κ3) is 4.32. The Morgan fingerprint density at radius 1 is 0.885 bits per heavy atom. The summed E-state index contributed by atoms with van der Waals surface area (Å²) in [6.07, 6.45) is -0.179. The first-order chi connectivity index (χ1) is 11.9. The second-order valence-corrected chi connectivity index (χ2v) is 10.4. The molecule has 1 aromatic rings. The molecule has 0 N–H and O–H groups in total. The molecule has 2 rings (SSSR count). The van der Waals surface area contributed by atoms with E-state index in [1.54, 1.807) is 4.31 Å². The van der Waals surface area contributed by atoms with E-state index in [1.807, 2.05) is 13.8 Å². The van der Waals surface area contributed by atoms with Crippen LogP contribution >= 0.6 is 0 Å². The standard InChI is InChI=1S/C21H35NO3S/c1-13(2)18-9-19(14(3)4)21(20(10-18)15(5)6)26(23,24)22-11-16(7)25-17(8)12-22/h9-10,13-17H,11-12H2,1-8H3. The molecule has 26 heavy (non-hydrogen) atoms. The Bertz CT molecular complexity index is 699. The van der Waals surface area contributed by atoms with E-state index in [4.69, 9.17) is 4.74 Å². The van der Waals surface area contributed by atoms with Crippen LogP contribution in [0.3, 0.4) is 0 Å². The van der Waals surface area contributed by atoms with Gasteiger partial charge in [-0.3, -0.25) is 0 Å². The minimum Gasteiger partial charge on any atom is -0.373 e. The second-order valence-electron chi connectivity index (χ2n) is 8.57. The number of ether oxygens (including phenoxy) is 1. The lowest BCUT2D eigenvalue weighted by molar-refractivity contribution is -0.0441. The minimum absolute atomic E-state index is 0.0894. The maximum atomic E-state index is 13.7. The van der Waals surface area contributed by atoms with Crippen molar-refractivity contribution in [3.05, 3.63) is 28.8 Å². The van der Waals surface area contributed by atoms with Crippen molar-refractivity contribution in [3.8, 4) is 0 Å². The van der Waals surface area contributed by atoms with Crippen LogP contribution in [0.4, 0.5) is 0 Å². The number of morpholine rings is 1. The summed E-state index contributed by atoms with van der Waals surface area (Å²) in [7, 11) is -3.57. The number of nitrogens with zero attached hydrogens (tertiary/aromatic N) is 1. The van der Waals surface area contributed by atoms with E-state index in [2.05, 4.69) is 53.7 Å². The van der Waals surface area contributed by atoms with E-state index in [9.17, 15) is 8.42 Å². The van der Waals surface area contributed by atoms with Crippen LogP contribution in [0, 0.1) is 0 Å². The van der Waals surface area contributed by atoms with Crippen LogP contribution in [0.25, 0.3) is 0 Å². The average molecular weight is 382 g/mol. The number of hydrogen-bond acceptors (Lipinski definition) is 3. The van der Waals surface area contributed by atoms with Gasteiger partial charge in [-0.15, -0.1) is 0 Å². The lowest BCUT2D eigenvalue weighted by atomic mass is 9.89. The largest absolute Gasteiger partial charge is 0.373 e. The molecule has 1 aromatic carbocycles. The summed E-state index contributed by atoms with van der Waals surface area (Å²) in [5, 5.41) is 0. The van der Waals surface area contributed by atoms with Crippen molar-refractivity contribution in [1.82, 2.24) is 4.31 Å². The molecule has 0 aromatic heterocycles. The monoisotopic (exact) mass is 381 g/mol. The minimum atomic E-state index is -3.57. The highest BCUT2D eigenvalue weighted by Gasteiger charge is 2.36. The molecule has 2 unspecified atom stereocenters. The van der Waals surface area contributed by atoms with Crippen LogP contribution in [0.15, 0.2) is 17.0 Å². The summed E-state index contributed by atoms with van der Waals surface area (Å²) >= 11 is 0. The lowest BCUT2D eigenvalue weighted by Gasteiger charge is -2.36. The third-order valence-electron chi connectivity index (χ3n) is 5.06. The highest BCUT2D eigenvalue weighted by molar-refractivity contribution is 7.89. The summed E-state index contributed by atoms with van der Waals surface area (Å²) in [6.45, 7) is 17.3. The number of benzene rings is 1. The average Bonchev–Trinajstić information content (AvgIpc) is 2.52. The first kappa shape index (κ1) is 21.4. The fourth-order valence-corrected chi connectivity index (χ4v) is 5.90. The van der Waals surface area contributed by atoms with Crippen LogP contribution in [-0.4, -0.2) is 38.0 Å². The van der Waals surface area contributed by atoms with Crippen molar-refractivity contribution in [2.45, 2.75) is 90.2 Å². The molecular formula is C21H35NO3S. The first-order valence-electron chi connectivity index (χ1n) is 9.78. The Morgan fingerprint density at radius 3 is 1.65 bits per heavy atom. The predicted octanol–water partition coefficient (Wildman–Crippen LogP) is 4.85. The predicted molar refractivity (Wildman–Crippen MR) is 107 cm³/mol. The maximum Gasteiger partial charge on any atom is 0.243 e. The Kier molecular flexibility index (Phi) is 6.57. The molecule has 1 saturated heterocycles. The van der Waals surface area contributed by atoms with Crippen molar-refractivity contribution in [1.29, 1.82) is 0 Å². The topological polar surface area (TPSA) is 46.6 Å². The van der Waals surface area contributed by atoms with Gasteiger partial charge in [0.2, 0.25) is 10.0 Å². The molecule has 1 heterocycles. The molecule has 148 valence electrons. The molecule has 1 aliphatic rings. The molecule has 4 nitrogen and oxygen atoms in total. The molecule has 1 fully saturated rings. The molecule has 0 aliphatic carbocycles. The van der Waals surface area contributed by atoms with Gasteiger partial charge in [-0.05, 0) is 48.3 Å². The SMILES string of the molecule is CC1CN(S(=O)(=O)c2c(C(C)C)cc(C(C)C)cc2C(C)C)CC(C)O1. The molecule has 0 spiro atoms. The highest BCUT2D eigenvalue weighted by Crippen LogP contribution is 2.37. The maximum absolute atomic E-state index is 13.7. The van der Waals surface area contributed by atoms with Gasteiger partial charge in [-0.25, -0.2) is 8.42 Å². The smallest absolute Gasteiger partial charge is 0.243 e. The fourth-order valence-electron chi connectivity index (χ4n) is 3.64. The normalized spacial score (nSPS) is 22.6. The van der Waals surface area contributed by atoms with E-state index >= 15 is 0 Å². The van der Waals surface area contributed by atoms with Crippen molar-refractivity contribution in [2.24, 2.45) is 0 Å². The van der Waals surface area contributed by atoms with Gasteiger partial charge in [0.1, 0.15) is 0 Å². The Morgan fingerprint density at radius 2 is 1.31 bits per heavy atom. The van der Waals surface area contributed by atoms with Crippen LogP contribution in [0.2, 0.25) is 0 Å². The molecule has 0 amide bonds. The molecule has 1 aliphatic heterocycles. The molecular weight excluding hydrogens is 346 g/mol. The van der Waals surface area contributed by atoms with Gasteiger partial charge < -0.3 is 4.74 Å². The van der Waals surface area contributed by atoms with Crippen molar-refractivity contribution in [3.63, 3.8) is 0 Å². The zero-order valence-corrected chi connectivity index (χ0v) is 18.4. The number of sulfonamides is 1. The van der Waals surface area contributed by atoms with Gasteiger partial charge in [-0.2, -0.15) is 4.31 Å². The summed E-state index contributed by atoms with van der Waals surface area (Å²) in [6, 6.07) is 4.20. The first-order valence-corrected chi connectivity index (χ1v) is 11.2. The summed E-state index contributed by atoms with van der Waals surface area (Å²) in [5.74, 6) is 0.656. The van der Waals surface area contributed by atoms with Gasteiger partial charge in [0, 0.05) is 13.1 Å². The zero-order valence-electron chi connectivity index (χ0n) is 17.5. The zero-order chi connectivity index (χ0) is 19.8. The van der Waals surface area contributed by atoms with E-state index in [0.717, 1.165) is 11.1 Å². The quantitative estimate of drug-likeness (QED) is 0.732. The van der Waals surface area contributed by atoms with E-state index in [0.29, 0.717) is 23.9 Å². The van der Waals surface area contributed by atoms with Crippen molar-refractivity contribution < 1.29 is 13.2 Å².